The number of likely N-dealkylation sites (N-methyl/N-ethyl adjacent to an activating group) is 1. The number of benzene rings is 1. The van der Waals surface area contributed by atoms with E-state index in [-0.39, 0.29) is 12.5 Å². The summed E-state index contributed by atoms with van der Waals surface area (Å²) >= 11 is 0. The SMILES string of the molecule is COCCCNC(=O)CN(C)C(C(N)=O)c1ccccc1. The molecule has 0 bridgehead atoms. The van der Waals surface area contributed by atoms with E-state index in [2.05, 4.69) is 5.32 Å². The Hall–Kier alpha value is -1.92. The number of methoxy groups -OCH3 is 1. The molecule has 0 spiro atoms. The van der Waals surface area contributed by atoms with E-state index < -0.39 is 11.9 Å². The summed E-state index contributed by atoms with van der Waals surface area (Å²) in [6.45, 7) is 1.26. The van der Waals surface area contributed by atoms with Crippen molar-refractivity contribution in [2.45, 2.75) is 12.5 Å². The van der Waals surface area contributed by atoms with Gasteiger partial charge in [0.2, 0.25) is 11.8 Å². The van der Waals surface area contributed by atoms with Gasteiger partial charge in [-0.15, -0.1) is 0 Å². The van der Waals surface area contributed by atoms with Crippen LogP contribution in [0.4, 0.5) is 0 Å². The Morgan fingerprint density at radius 3 is 2.57 bits per heavy atom. The number of hydrogen-bond acceptors (Lipinski definition) is 4. The molecule has 1 rings (SSSR count). The molecule has 0 heterocycles. The number of nitrogens with one attached hydrogen (secondary N) is 1. The number of rotatable bonds is 9. The molecule has 0 saturated carbocycles. The highest BCUT2D eigenvalue weighted by atomic mass is 16.5. The maximum atomic E-state index is 11.8. The van der Waals surface area contributed by atoms with Gasteiger partial charge in [0.1, 0.15) is 6.04 Å². The van der Waals surface area contributed by atoms with E-state index in [1.54, 1.807) is 19.1 Å². The van der Waals surface area contributed by atoms with Crippen LogP contribution in [0.15, 0.2) is 30.3 Å². The molecule has 0 fully saturated rings. The topological polar surface area (TPSA) is 84.7 Å². The highest BCUT2D eigenvalue weighted by Gasteiger charge is 2.24. The summed E-state index contributed by atoms with van der Waals surface area (Å²) < 4.78 is 4.91. The van der Waals surface area contributed by atoms with Crippen molar-refractivity contribution in [2.75, 3.05) is 33.9 Å². The summed E-state index contributed by atoms with van der Waals surface area (Å²) in [5.74, 6) is -0.619. The summed E-state index contributed by atoms with van der Waals surface area (Å²) in [5, 5.41) is 2.78. The van der Waals surface area contributed by atoms with Crippen LogP contribution >= 0.6 is 0 Å². The summed E-state index contributed by atoms with van der Waals surface area (Å²) in [7, 11) is 3.32. The summed E-state index contributed by atoms with van der Waals surface area (Å²) in [4.78, 5) is 25.1. The fraction of sp³-hybridized carbons (Fsp3) is 0.467. The van der Waals surface area contributed by atoms with Crippen molar-refractivity contribution in [3.05, 3.63) is 35.9 Å². The molecule has 1 atom stereocenters. The summed E-state index contributed by atoms with van der Waals surface area (Å²) in [6.07, 6.45) is 0.754. The highest BCUT2D eigenvalue weighted by molar-refractivity contribution is 5.83. The molecule has 0 aliphatic heterocycles. The van der Waals surface area contributed by atoms with Gasteiger partial charge in [0.25, 0.3) is 0 Å². The van der Waals surface area contributed by atoms with Gasteiger partial charge in [0.05, 0.1) is 6.54 Å². The van der Waals surface area contributed by atoms with E-state index in [9.17, 15) is 9.59 Å². The second-order valence-corrected chi connectivity index (χ2v) is 4.83. The molecule has 0 aliphatic carbocycles. The zero-order valence-electron chi connectivity index (χ0n) is 12.5. The molecule has 116 valence electrons. The number of amides is 2. The zero-order chi connectivity index (χ0) is 15.7. The monoisotopic (exact) mass is 293 g/mol. The lowest BCUT2D eigenvalue weighted by molar-refractivity contribution is -0.126. The molecule has 0 radical (unpaired) electrons. The van der Waals surface area contributed by atoms with Crippen molar-refractivity contribution in [2.24, 2.45) is 5.73 Å². The van der Waals surface area contributed by atoms with Crippen LogP contribution in [0.3, 0.4) is 0 Å². The Bertz CT molecular complexity index is 451. The predicted molar refractivity (Wildman–Crippen MR) is 80.5 cm³/mol. The second-order valence-electron chi connectivity index (χ2n) is 4.83. The van der Waals surface area contributed by atoms with Crippen molar-refractivity contribution in [1.29, 1.82) is 0 Å². The number of primary amides is 1. The van der Waals surface area contributed by atoms with Crippen LogP contribution in [0.25, 0.3) is 0 Å². The third-order valence-corrected chi connectivity index (χ3v) is 3.07. The molecule has 6 heteroatoms. The fourth-order valence-corrected chi connectivity index (χ4v) is 2.09. The minimum atomic E-state index is -0.615. The van der Waals surface area contributed by atoms with Gasteiger partial charge in [-0.25, -0.2) is 0 Å². The average molecular weight is 293 g/mol. The summed E-state index contributed by atoms with van der Waals surface area (Å²) in [6, 6.07) is 8.57. The van der Waals surface area contributed by atoms with Crippen molar-refractivity contribution in [3.8, 4) is 0 Å². The maximum Gasteiger partial charge on any atom is 0.239 e. The Morgan fingerprint density at radius 1 is 1.33 bits per heavy atom. The van der Waals surface area contributed by atoms with Crippen molar-refractivity contribution >= 4 is 11.8 Å². The molecule has 0 aliphatic rings. The second kappa shape index (κ2) is 9.10. The molecule has 1 aromatic carbocycles. The Labute approximate surface area is 125 Å². The lowest BCUT2D eigenvalue weighted by Gasteiger charge is -2.25. The average Bonchev–Trinajstić information content (AvgIpc) is 2.44. The first-order valence-corrected chi connectivity index (χ1v) is 6.86. The number of ether oxygens (including phenoxy) is 1. The molecule has 1 aromatic rings. The lowest BCUT2D eigenvalue weighted by Crippen LogP contribution is -2.42. The van der Waals surface area contributed by atoms with Crippen molar-refractivity contribution in [3.63, 3.8) is 0 Å². The molecule has 1 unspecified atom stereocenters. The third kappa shape index (κ3) is 5.93. The van der Waals surface area contributed by atoms with E-state index >= 15 is 0 Å². The van der Waals surface area contributed by atoms with Crippen LogP contribution in [-0.2, 0) is 14.3 Å². The number of nitrogens with two attached hydrogens (primary N) is 1. The lowest BCUT2D eigenvalue weighted by atomic mass is 10.1. The Morgan fingerprint density at radius 2 is 2.00 bits per heavy atom. The van der Waals surface area contributed by atoms with Gasteiger partial charge in [-0.2, -0.15) is 0 Å². The molecule has 6 nitrogen and oxygen atoms in total. The van der Waals surface area contributed by atoms with Gasteiger partial charge >= 0.3 is 0 Å². The van der Waals surface area contributed by atoms with Crippen LogP contribution in [0.5, 0.6) is 0 Å². The van der Waals surface area contributed by atoms with Gasteiger partial charge in [0.15, 0.2) is 0 Å². The quantitative estimate of drug-likeness (QED) is 0.641. The first-order chi connectivity index (χ1) is 10.1. The van der Waals surface area contributed by atoms with Crippen LogP contribution in [0.1, 0.15) is 18.0 Å². The van der Waals surface area contributed by atoms with Crippen LogP contribution in [0, 0.1) is 0 Å². The minimum Gasteiger partial charge on any atom is -0.385 e. The number of nitrogens with zero attached hydrogens (tertiary/aromatic N) is 1. The molecule has 21 heavy (non-hydrogen) atoms. The van der Waals surface area contributed by atoms with Gasteiger partial charge < -0.3 is 15.8 Å². The molecule has 0 saturated heterocycles. The number of hydrogen-bond donors (Lipinski definition) is 2. The molecule has 2 amide bonds. The third-order valence-electron chi connectivity index (χ3n) is 3.07. The molecule has 3 N–H and O–H groups in total. The van der Waals surface area contributed by atoms with Gasteiger partial charge in [-0.3, -0.25) is 14.5 Å². The van der Waals surface area contributed by atoms with E-state index in [0.717, 1.165) is 12.0 Å². The molecule has 0 aromatic heterocycles. The normalized spacial score (nSPS) is 12.1. The largest absolute Gasteiger partial charge is 0.385 e. The molecular weight excluding hydrogens is 270 g/mol. The summed E-state index contributed by atoms with van der Waals surface area (Å²) in [5.41, 5.74) is 6.23. The first-order valence-electron chi connectivity index (χ1n) is 6.86. The van der Waals surface area contributed by atoms with E-state index in [1.165, 1.54) is 0 Å². The standard InChI is InChI=1S/C15H23N3O3/c1-18(11-13(19)17-9-6-10-21-2)14(15(16)20)12-7-4-3-5-8-12/h3-5,7-8,14H,6,9-11H2,1-2H3,(H2,16,20)(H,17,19). The van der Waals surface area contributed by atoms with Gasteiger partial charge in [-0.1, -0.05) is 30.3 Å². The number of carbonyl (C=O) groups excluding carboxylic acids is 2. The van der Waals surface area contributed by atoms with E-state index in [0.29, 0.717) is 13.2 Å². The predicted octanol–water partition coefficient (Wildman–Crippen LogP) is 0.298. The minimum absolute atomic E-state index is 0.107. The van der Waals surface area contributed by atoms with Gasteiger partial charge in [-0.05, 0) is 19.0 Å². The van der Waals surface area contributed by atoms with Crippen LogP contribution in [-0.4, -0.2) is 50.6 Å². The van der Waals surface area contributed by atoms with E-state index in [4.69, 9.17) is 10.5 Å². The van der Waals surface area contributed by atoms with Crippen molar-refractivity contribution in [1.82, 2.24) is 10.2 Å². The smallest absolute Gasteiger partial charge is 0.239 e. The zero-order valence-corrected chi connectivity index (χ0v) is 12.5. The van der Waals surface area contributed by atoms with E-state index in [1.807, 2.05) is 30.3 Å². The van der Waals surface area contributed by atoms with Crippen molar-refractivity contribution < 1.29 is 14.3 Å². The van der Waals surface area contributed by atoms with Crippen LogP contribution in [0.2, 0.25) is 0 Å². The fourth-order valence-electron chi connectivity index (χ4n) is 2.09. The van der Waals surface area contributed by atoms with Crippen LogP contribution < -0.4 is 11.1 Å². The maximum absolute atomic E-state index is 11.8. The Kier molecular flexibility index (Phi) is 7.42. The number of carbonyl (C=O) groups is 2. The van der Waals surface area contributed by atoms with Gasteiger partial charge in [0, 0.05) is 20.3 Å². The Balaban J connectivity index is 2.56. The highest BCUT2D eigenvalue weighted by Crippen LogP contribution is 2.18. The first kappa shape index (κ1) is 17.1. The molecular formula is C15H23N3O3.